The summed E-state index contributed by atoms with van der Waals surface area (Å²) in [6.45, 7) is 9.47. The fourth-order valence-corrected chi connectivity index (χ4v) is 1.62. The Morgan fingerprint density at radius 2 is 1.95 bits per heavy atom. The van der Waals surface area contributed by atoms with E-state index in [1.807, 2.05) is 13.1 Å². The Labute approximate surface area is 124 Å². The Hall–Kier alpha value is -2.05. The molecule has 1 aromatic heterocycles. The van der Waals surface area contributed by atoms with E-state index >= 15 is 0 Å². The number of aliphatic carboxylic acids is 1. The highest BCUT2D eigenvalue weighted by atomic mass is 16.4. The normalized spacial score (nSPS) is 12.0. The van der Waals surface area contributed by atoms with Crippen LogP contribution in [-0.2, 0) is 11.3 Å². The van der Waals surface area contributed by atoms with E-state index < -0.39 is 23.0 Å². The first-order chi connectivity index (χ1) is 9.56. The zero-order valence-corrected chi connectivity index (χ0v) is 13.2. The Morgan fingerprint density at radius 1 is 1.33 bits per heavy atom. The Kier molecular flexibility index (Phi) is 4.98. The second kappa shape index (κ2) is 6.15. The third-order valence-electron chi connectivity index (χ3n) is 3.91. The zero-order chi connectivity index (χ0) is 16.3. The molecule has 0 fully saturated rings. The van der Waals surface area contributed by atoms with Gasteiger partial charge >= 0.3 is 12.0 Å². The van der Waals surface area contributed by atoms with Gasteiger partial charge in [-0.3, -0.25) is 9.48 Å². The molecule has 0 aliphatic rings. The van der Waals surface area contributed by atoms with E-state index in [4.69, 9.17) is 0 Å². The van der Waals surface area contributed by atoms with Crippen LogP contribution in [0.5, 0.6) is 0 Å². The van der Waals surface area contributed by atoms with E-state index in [9.17, 15) is 14.7 Å². The third kappa shape index (κ3) is 4.21. The van der Waals surface area contributed by atoms with Gasteiger partial charge in [0.15, 0.2) is 0 Å². The molecule has 0 atom stereocenters. The Balaban J connectivity index is 2.48. The summed E-state index contributed by atoms with van der Waals surface area (Å²) < 4.78 is 1.74. The van der Waals surface area contributed by atoms with E-state index in [1.54, 1.807) is 38.6 Å². The van der Waals surface area contributed by atoms with E-state index in [-0.39, 0.29) is 0 Å². The fourth-order valence-electron chi connectivity index (χ4n) is 1.62. The van der Waals surface area contributed by atoms with Crippen LogP contribution in [0.1, 0.15) is 33.3 Å². The lowest BCUT2D eigenvalue weighted by Crippen LogP contribution is -2.59. The van der Waals surface area contributed by atoms with Gasteiger partial charge in [-0.05, 0) is 40.2 Å². The number of urea groups is 1. The average Bonchev–Trinajstić information content (AvgIpc) is 2.73. The number of amides is 2. The molecule has 0 saturated heterocycles. The molecule has 7 nitrogen and oxygen atoms in total. The highest BCUT2D eigenvalue weighted by molar-refractivity contribution is 5.79. The molecule has 0 bridgehead atoms. The summed E-state index contributed by atoms with van der Waals surface area (Å²) in [5, 5.41) is 18.8. The minimum Gasteiger partial charge on any atom is -0.481 e. The number of hydrogen-bond acceptors (Lipinski definition) is 3. The fraction of sp³-hybridized carbons (Fsp3) is 0.643. The molecular weight excluding hydrogens is 272 g/mol. The van der Waals surface area contributed by atoms with Crippen LogP contribution >= 0.6 is 0 Å². The van der Waals surface area contributed by atoms with E-state index in [0.29, 0.717) is 13.1 Å². The number of hydrogen-bond donors (Lipinski definition) is 3. The summed E-state index contributed by atoms with van der Waals surface area (Å²) in [5.74, 6) is -0.959. The van der Waals surface area contributed by atoms with Gasteiger partial charge in [-0.15, -0.1) is 0 Å². The van der Waals surface area contributed by atoms with Gasteiger partial charge in [0.1, 0.15) is 0 Å². The number of nitrogens with zero attached hydrogens (tertiary/aromatic N) is 2. The van der Waals surface area contributed by atoms with Crippen molar-refractivity contribution in [2.75, 3.05) is 6.54 Å². The summed E-state index contributed by atoms with van der Waals surface area (Å²) in [4.78, 5) is 23.1. The van der Waals surface area contributed by atoms with Crippen LogP contribution in [0.15, 0.2) is 12.4 Å². The molecule has 0 unspecified atom stereocenters. The summed E-state index contributed by atoms with van der Waals surface area (Å²) in [7, 11) is 0. The lowest BCUT2D eigenvalue weighted by atomic mass is 9.74. The third-order valence-corrected chi connectivity index (χ3v) is 3.91. The first-order valence-electron chi connectivity index (χ1n) is 6.85. The number of nitrogens with one attached hydrogen (secondary N) is 2. The maximum atomic E-state index is 11.9. The van der Waals surface area contributed by atoms with Crippen LogP contribution in [0.3, 0.4) is 0 Å². The second-order valence-corrected chi connectivity index (χ2v) is 6.22. The SMILES string of the molecule is Cc1cnn(CCNC(=O)NC(C)(C)C(C)(C)C(=O)O)c1. The zero-order valence-electron chi connectivity index (χ0n) is 13.2. The molecule has 0 saturated carbocycles. The second-order valence-electron chi connectivity index (χ2n) is 6.22. The van der Waals surface area contributed by atoms with Crippen LogP contribution in [0, 0.1) is 12.3 Å². The Morgan fingerprint density at radius 3 is 2.43 bits per heavy atom. The topological polar surface area (TPSA) is 96.3 Å². The van der Waals surface area contributed by atoms with Crippen molar-refractivity contribution in [2.24, 2.45) is 5.41 Å². The number of aromatic nitrogens is 2. The molecule has 118 valence electrons. The first kappa shape index (κ1) is 17.0. The molecule has 0 spiro atoms. The molecule has 0 radical (unpaired) electrons. The predicted octanol–water partition coefficient (Wildman–Crippen LogP) is 1.38. The summed E-state index contributed by atoms with van der Waals surface area (Å²) >= 11 is 0. The van der Waals surface area contributed by atoms with Crippen molar-refractivity contribution in [3.63, 3.8) is 0 Å². The highest BCUT2D eigenvalue weighted by Gasteiger charge is 2.44. The van der Waals surface area contributed by atoms with Gasteiger partial charge in [0.05, 0.1) is 23.7 Å². The van der Waals surface area contributed by atoms with Crippen molar-refractivity contribution >= 4 is 12.0 Å². The number of carboxylic acids is 1. The maximum absolute atomic E-state index is 11.9. The van der Waals surface area contributed by atoms with Crippen molar-refractivity contribution in [2.45, 2.75) is 46.7 Å². The minimum absolute atomic E-state index is 0.391. The molecule has 2 amide bonds. The van der Waals surface area contributed by atoms with E-state index in [1.165, 1.54) is 0 Å². The molecule has 21 heavy (non-hydrogen) atoms. The van der Waals surface area contributed by atoms with E-state index in [2.05, 4.69) is 15.7 Å². The van der Waals surface area contributed by atoms with Crippen molar-refractivity contribution in [1.82, 2.24) is 20.4 Å². The molecule has 1 aromatic rings. The van der Waals surface area contributed by atoms with Crippen molar-refractivity contribution in [3.8, 4) is 0 Å². The smallest absolute Gasteiger partial charge is 0.315 e. The van der Waals surface area contributed by atoms with E-state index in [0.717, 1.165) is 5.56 Å². The highest BCUT2D eigenvalue weighted by Crippen LogP contribution is 2.30. The predicted molar refractivity (Wildman–Crippen MR) is 79.0 cm³/mol. The van der Waals surface area contributed by atoms with Gasteiger partial charge in [0, 0.05) is 12.7 Å². The van der Waals surface area contributed by atoms with Gasteiger partial charge in [0.2, 0.25) is 0 Å². The van der Waals surface area contributed by atoms with Gasteiger partial charge in [-0.1, -0.05) is 0 Å². The molecule has 0 aromatic carbocycles. The maximum Gasteiger partial charge on any atom is 0.315 e. The number of carbonyl (C=O) groups excluding carboxylic acids is 1. The van der Waals surface area contributed by atoms with Crippen LogP contribution in [-0.4, -0.2) is 39.0 Å². The summed E-state index contributed by atoms with van der Waals surface area (Å²) in [6, 6.07) is -0.391. The first-order valence-corrected chi connectivity index (χ1v) is 6.85. The van der Waals surface area contributed by atoms with Crippen molar-refractivity contribution in [1.29, 1.82) is 0 Å². The molecule has 0 aliphatic carbocycles. The standard InChI is InChI=1S/C14H24N4O3/c1-10-8-16-18(9-10)7-6-15-12(21)17-14(4,5)13(2,3)11(19)20/h8-9H,6-7H2,1-5H3,(H,19,20)(H2,15,17,21). The Bertz CT molecular complexity index is 520. The molecule has 3 N–H and O–H groups in total. The average molecular weight is 296 g/mol. The van der Waals surface area contributed by atoms with Crippen molar-refractivity contribution in [3.05, 3.63) is 18.0 Å². The molecule has 1 heterocycles. The van der Waals surface area contributed by atoms with Gasteiger partial charge in [-0.25, -0.2) is 4.79 Å². The lowest BCUT2D eigenvalue weighted by molar-refractivity contribution is -0.150. The molecule has 1 rings (SSSR count). The van der Waals surface area contributed by atoms with Crippen LogP contribution in [0.2, 0.25) is 0 Å². The van der Waals surface area contributed by atoms with Gasteiger partial charge < -0.3 is 15.7 Å². The minimum atomic E-state index is -1.08. The molecule has 0 aliphatic heterocycles. The van der Waals surface area contributed by atoms with Crippen LogP contribution in [0.4, 0.5) is 4.79 Å². The van der Waals surface area contributed by atoms with Crippen LogP contribution in [0.25, 0.3) is 0 Å². The van der Waals surface area contributed by atoms with Crippen LogP contribution < -0.4 is 10.6 Å². The van der Waals surface area contributed by atoms with Gasteiger partial charge in [0.25, 0.3) is 0 Å². The quantitative estimate of drug-likeness (QED) is 0.739. The number of aryl methyl sites for hydroxylation is 1. The number of carboxylic acid groups (broad SMARTS) is 1. The largest absolute Gasteiger partial charge is 0.481 e. The lowest BCUT2D eigenvalue weighted by Gasteiger charge is -2.38. The molecule has 7 heteroatoms. The number of carbonyl (C=O) groups is 2. The number of rotatable bonds is 6. The molecular formula is C14H24N4O3. The van der Waals surface area contributed by atoms with Crippen molar-refractivity contribution < 1.29 is 14.7 Å². The monoisotopic (exact) mass is 296 g/mol. The summed E-state index contributed by atoms with van der Waals surface area (Å²) in [5.41, 5.74) is -0.905. The summed E-state index contributed by atoms with van der Waals surface area (Å²) in [6.07, 6.45) is 3.63. The van der Waals surface area contributed by atoms with Gasteiger partial charge in [-0.2, -0.15) is 5.10 Å².